The van der Waals surface area contributed by atoms with E-state index in [1.807, 2.05) is 6.92 Å². The van der Waals surface area contributed by atoms with Crippen molar-refractivity contribution in [1.29, 1.82) is 0 Å². The summed E-state index contributed by atoms with van der Waals surface area (Å²) < 4.78 is 5.20. The van der Waals surface area contributed by atoms with Crippen LogP contribution in [0.4, 0.5) is 0 Å². The van der Waals surface area contributed by atoms with Crippen molar-refractivity contribution in [2.24, 2.45) is 0 Å². The Balaban J connectivity index is 1.94. The molecule has 2 aromatic heterocycles. The Kier molecular flexibility index (Phi) is 2.49. The van der Waals surface area contributed by atoms with Gasteiger partial charge in [-0.05, 0) is 6.92 Å². The van der Waals surface area contributed by atoms with Gasteiger partial charge in [-0.3, -0.25) is 5.10 Å². The van der Waals surface area contributed by atoms with Gasteiger partial charge in [-0.1, -0.05) is 11.8 Å². The lowest BCUT2D eigenvalue weighted by atomic mass is 10.8. The third-order valence-electron chi connectivity index (χ3n) is 1.47. The first-order valence-electron chi connectivity index (χ1n) is 4.05. The summed E-state index contributed by atoms with van der Waals surface area (Å²) in [6.07, 6.45) is 0. The van der Waals surface area contributed by atoms with Gasteiger partial charge in [-0.25, -0.2) is 4.98 Å². The Morgan fingerprint density at radius 3 is 2.79 bits per heavy atom. The van der Waals surface area contributed by atoms with Gasteiger partial charge in [0.1, 0.15) is 5.82 Å². The molecule has 0 amide bonds. The summed E-state index contributed by atoms with van der Waals surface area (Å²) in [7, 11) is 0. The van der Waals surface area contributed by atoms with Gasteiger partial charge in [0, 0.05) is 6.92 Å². The topological polar surface area (TPSA) is 80.5 Å². The molecule has 7 heteroatoms. The second kappa shape index (κ2) is 3.79. The third kappa shape index (κ3) is 2.11. The van der Waals surface area contributed by atoms with Gasteiger partial charge in [0.2, 0.25) is 16.9 Å². The summed E-state index contributed by atoms with van der Waals surface area (Å²) in [4.78, 5) is 4.14. The Morgan fingerprint density at radius 2 is 2.21 bits per heavy atom. The van der Waals surface area contributed by atoms with E-state index < -0.39 is 0 Å². The number of nitrogens with one attached hydrogen (secondary N) is 1. The van der Waals surface area contributed by atoms with Gasteiger partial charge in [0.05, 0.1) is 5.75 Å². The lowest BCUT2D eigenvalue weighted by Gasteiger charge is -1.89. The molecule has 0 unspecified atom stereocenters. The second-order valence-electron chi connectivity index (χ2n) is 2.71. The van der Waals surface area contributed by atoms with Crippen molar-refractivity contribution in [2.45, 2.75) is 24.8 Å². The van der Waals surface area contributed by atoms with Crippen LogP contribution in [0, 0.1) is 13.8 Å². The first kappa shape index (κ1) is 9.20. The van der Waals surface area contributed by atoms with Crippen molar-refractivity contribution in [2.75, 3.05) is 0 Å². The van der Waals surface area contributed by atoms with Crippen molar-refractivity contribution in [3.63, 3.8) is 0 Å². The highest BCUT2D eigenvalue weighted by Gasteiger charge is 2.05. The first-order valence-corrected chi connectivity index (χ1v) is 5.03. The molecule has 0 radical (unpaired) electrons. The molecule has 0 aliphatic carbocycles. The highest BCUT2D eigenvalue weighted by molar-refractivity contribution is 7.98. The second-order valence-corrected chi connectivity index (χ2v) is 3.65. The van der Waals surface area contributed by atoms with Crippen molar-refractivity contribution < 1.29 is 4.42 Å². The molecule has 74 valence electrons. The van der Waals surface area contributed by atoms with E-state index in [2.05, 4.69) is 25.4 Å². The predicted molar refractivity (Wildman–Crippen MR) is 49.7 cm³/mol. The minimum absolute atomic E-state index is 0.576. The number of rotatable bonds is 3. The Labute approximate surface area is 84.5 Å². The molecule has 0 aliphatic rings. The van der Waals surface area contributed by atoms with Crippen LogP contribution in [0.2, 0.25) is 0 Å². The van der Waals surface area contributed by atoms with E-state index in [-0.39, 0.29) is 0 Å². The SMILES string of the molecule is Cc1nc(SCc2nnc(C)o2)n[nH]1. The highest BCUT2D eigenvalue weighted by atomic mass is 32.2. The van der Waals surface area contributed by atoms with E-state index in [1.165, 1.54) is 11.8 Å². The average Bonchev–Trinajstić information content (AvgIpc) is 2.72. The average molecular weight is 211 g/mol. The third-order valence-corrected chi connectivity index (χ3v) is 2.30. The zero-order valence-corrected chi connectivity index (χ0v) is 8.63. The number of aryl methyl sites for hydroxylation is 2. The minimum atomic E-state index is 0.576. The van der Waals surface area contributed by atoms with E-state index in [0.717, 1.165) is 5.82 Å². The minimum Gasteiger partial charge on any atom is -0.425 e. The molecule has 14 heavy (non-hydrogen) atoms. The number of thioether (sulfide) groups is 1. The van der Waals surface area contributed by atoms with Crippen LogP contribution in [0.5, 0.6) is 0 Å². The van der Waals surface area contributed by atoms with Gasteiger partial charge in [-0.2, -0.15) is 0 Å². The molecule has 0 aliphatic heterocycles. The molecule has 2 heterocycles. The zero-order valence-electron chi connectivity index (χ0n) is 7.81. The molecule has 0 aromatic carbocycles. The summed E-state index contributed by atoms with van der Waals surface area (Å²) in [5.74, 6) is 2.56. The highest BCUT2D eigenvalue weighted by Crippen LogP contribution is 2.17. The molecule has 0 saturated heterocycles. The maximum absolute atomic E-state index is 5.20. The number of aromatic amines is 1. The molecule has 2 aromatic rings. The van der Waals surface area contributed by atoms with Crippen LogP contribution in [-0.2, 0) is 5.75 Å². The van der Waals surface area contributed by atoms with Crippen LogP contribution >= 0.6 is 11.8 Å². The van der Waals surface area contributed by atoms with Gasteiger partial charge < -0.3 is 4.42 Å². The molecular formula is C7H9N5OS. The molecule has 0 bridgehead atoms. The Bertz CT molecular complexity index is 383. The maximum Gasteiger partial charge on any atom is 0.226 e. The van der Waals surface area contributed by atoms with E-state index in [1.54, 1.807) is 6.92 Å². The summed E-state index contributed by atoms with van der Waals surface area (Å²) in [6.45, 7) is 3.62. The smallest absolute Gasteiger partial charge is 0.226 e. The van der Waals surface area contributed by atoms with Crippen LogP contribution in [0.1, 0.15) is 17.6 Å². The summed E-state index contributed by atoms with van der Waals surface area (Å²) in [5.41, 5.74) is 0. The Morgan fingerprint density at radius 1 is 1.36 bits per heavy atom. The Hall–Kier alpha value is -1.37. The fourth-order valence-corrected chi connectivity index (χ4v) is 1.59. The molecular weight excluding hydrogens is 202 g/mol. The van der Waals surface area contributed by atoms with Crippen molar-refractivity contribution in [1.82, 2.24) is 25.4 Å². The standard InChI is InChI=1S/C7H9N5OS/c1-4-8-7(12-9-4)14-3-6-11-10-5(2)13-6/h3H2,1-2H3,(H,8,9,12). The number of H-pyrrole nitrogens is 1. The first-order chi connectivity index (χ1) is 6.74. The lowest BCUT2D eigenvalue weighted by Crippen LogP contribution is -1.82. The van der Waals surface area contributed by atoms with Crippen LogP contribution < -0.4 is 0 Å². The van der Waals surface area contributed by atoms with E-state index in [9.17, 15) is 0 Å². The van der Waals surface area contributed by atoms with Crippen molar-refractivity contribution in [3.05, 3.63) is 17.6 Å². The molecule has 0 atom stereocenters. The molecule has 0 spiro atoms. The molecule has 0 saturated carbocycles. The maximum atomic E-state index is 5.20. The van der Waals surface area contributed by atoms with Crippen molar-refractivity contribution >= 4 is 11.8 Å². The quantitative estimate of drug-likeness (QED) is 0.765. The predicted octanol–water partition coefficient (Wildman–Crippen LogP) is 1.10. The summed E-state index contributed by atoms with van der Waals surface area (Å²) in [5, 5.41) is 15.0. The van der Waals surface area contributed by atoms with Gasteiger partial charge in [0.25, 0.3) is 0 Å². The summed E-state index contributed by atoms with van der Waals surface area (Å²) in [6, 6.07) is 0. The largest absolute Gasteiger partial charge is 0.425 e. The molecule has 1 N–H and O–H groups in total. The molecule has 2 rings (SSSR count). The lowest BCUT2D eigenvalue weighted by molar-refractivity contribution is 0.485. The van der Waals surface area contributed by atoms with E-state index >= 15 is 0 Å². The van der Waals surface area contributed by atoms with Gasteiger partial charge in [0.15, 0.2) is 0 Å². The van der Waals surface area contributed by atoms with E-state index in [0.29, 0.717) is 22.7 Å². The van der Waals surface area contributed by atoms with Crippen LogP contribution in [-0.4, -0.2) is 25.4 Å². The normalized spacial score (nSPS) is 10.7. The zero-order chi connectivity index (χ0) is 9.97. The molecule has 0 fully saturated rings. The van der Waals surface area contributed by atoms with Crippen LogP contribution in [0.3, 0.4) is 0 Å². The summed E-state index contributed by atoms with van der Waals surface area (Å²) >= 11 is 1.46. The van der Waals surface area contributed by atoms with Crippen LogP contribution in [0.15, 0.2) is 9.57 Å². The fraction of sp³-hybridized carbons (Fsp3) is 0.429. The molecule has 6 nitrogen and oxygen atoms in total. The van der Waals surface area contributed by atoms with E-state index in [4.69, 9.17) is 4.42 Å². The van der Waals surface area contributed by atoms with Gasteiger partial charge >= 0.3 is 0 Å². The monoisotopic (exact) mass is 211 g/mol. The number of hydrogen-bond donors (Lipinski definition) is 1. The number of nitrogens with zero attached hydrogens (tertiary/aromatic N) is 4. The fourth-order valence-electron chi connectivity index (χ4n) is 0.909. The van der Waals surface area contributed by atoms with Crippen molar-refractivity contribution in [3.8, 4) is 0 Å². The van der Waals surface area contributed by atoms with Crippen LogP contribution in [0.25, 0.3) is 0 Å². The number of hydrogen-bond acceptors (Lipinski definition) is 6. The van der Waals surface area contributed by atoms with Gasteiger partial charge in [-0.15, -0.1) is 15.3 Å². The number of aromatic nitrogens is 5.